The van der Waals surface area contributed by atoms with Crippen LogP contribution in [-0.2, 0) is 6.42 Å². The van der Waals surface area contributed by atoms with Crippen molar-refractivity contribution in [2.24, 2.45) is 5.73 Å². The van der Waals surface area contributed by atoms with E-state index >= 15 is 0 Å². The van der Waals surface area contributed by atoms with Gasteiger partial charge in [0.2, 0.25) is 0 Å². The molecule has 0 amide bonds. The van der Waals surface area contributed by atoms with Gasteiger partial charge in [0.25, 0.3) is 0 Å². The molecule has 0 saturated heterocycles. The van der Waals surface area contributed by atoms with Gasteiger partial charge in [-0.05, 0) is 24.1 Å². The molecule has 0 radical (unpaired) electrons. The first-order valence-corrected chi connectivity index (χ1v) is 5.75. The molecule has 0 aromatic heterocycles. The molecule has 0 heterocycles. The number of aliphatic hydroxyl groups is 1. The Hall–Kier alpha value is -0.640. The van der Waals surface area contributed by atoms with Gasteiger partial charge in [-0.15, -0.1) is 0 Å². The molecule has 3 N–H and O–H groups in total. The molecule has 90 valence electrons. The largest absolute Gasteiger partial charge is 0.388 e. The van der Waals surface area contributed by atoms with Crippen LogP contribution in [0.15, 0.2) is 18.2 Å². The minimum absolute atomic E-state index is 0.0931. The quantitative estimate of drug-likeness (QED) is 0.837. The van der Waals surface area contributed by atoms with E-state index in [2.05, 4.69) is 0 Å². The third kappa shape index (κ3) is 3.44. The number of rotatable bonds is 5. The summed E-state index contributed by atoms with van der Waals surface area (Å²) in [4.78, 5) is 0. The van der Waals surface area contributed by atoms with Gasteiger partial charge in [-0.3, -0.25) is 0 Å². The third-order valence-corrected chi connectivity index (χ3v) is 2.92. The molecule has 0 aliphatic carbocycles. The van der Waals surface area contributed by atoms with Gasteiger partial charge in [-0.2, -0.15) is 0 Å². The number of benzene rings is 1. The Morgan fingerprint density at radius 3 is 2.69 bits per heavy atom. The fraction of sp³-hybridized carbons (Fsp3) is 0.500. The monoisotopic (exact) mass is 245 g/mol. The van der Waals surface area contributed by atoms with Gasteiger partial charge in [0.15, 0.2) is 0 Å². The summed E-state index contributed by atoms with van der Waals surface area (Å²) >= 11 is 5.58. The van der Waals surface area contributed by atoms with Gasteiger partial charge in [-0.25, -0.2) is 4.39 Å². The Bertz CT molecular complexity index is 359. The van der Waals surface area contributed by atoms with Crippen LogP contribution in [0.2, 0.25) is 5.02 Å². The molecule has 1 unspecified atom stereocenters. The van der Waals surface area contributed by atoms with Crippen LogP contribution < -0.4 is 5.73 Å². The van der Waals surface area contributed by atoms with E-state index in [9.17, 15) is 9.50 Å². The van der Waals surface area contributed by atoms with E-state index in [1.807, 2.05) is 6.92 Å². The fourth-order valence-corrected chi connectivity index (χ4v) is 1.88. The summed E-state index contributed by atoms with van der Waals surface area (Å²) in [6.07, 6.45) is 1.79. The van der Waals surface area contributed by atoms with E-state index in [4.69, 9.17) is 17.3 Å². The maximum Gasteiger partial charge on any atom is 0.142 e. The maximum atomic E-state index is 13.2. The first-order chi connectivity index (χ1) is 7.50. The lowest BCUT2D eigenvalue weighted by Crippen LogP contribution is -2.39. The molecule has 0 aliphatic rings. The van der Waals surface area contributed by atoms with Crippen LogP contribution in [0.25, 0.3) is 0 Å². The van der Waals surface area contributed by atoms with Gasteiger partial charge in [0.05, 0.1) is 10.6 Å². The highest BCUT2D eigenvalue weighted by molar-refractivity contribution is 6.30. The SMILES string of the molecule is CCCC(O)(CN)Cc1ccc(Cl)c(F)c1. The normalized spacial score (nSPS) is 14.8. The van der Waals surface area contributed by atoms with Crippen LogP contribution in [0.3, 0.4) is 0 Å². The number of hydrogen-bond donors (Lipinski definition) is 2. The van der Waals surface area contributed by atoms with E-state index < -0.39 is 11.4 Å². The third-order valence-electron chi connectivity index (χ3n) is 2.61. The molecule has 1 aromatic rings. The van der Waals surface area contributed by atoms with Gasteiger partial charge in [0, 0.05) is 13.0 Å². The molecule has 16 heavy (non-hydrogen) atoms. The first kappa shape index (κ1) is 13.4. The maximum absolute atomic E-state index is 13.2. The van der Waals surface area contributed by atoms with Crippen molar-refractivity contribution in [1.82, 2.24) is 0 Å². The lowest BCUT2D eigenvalue weighted by atomic mass is 9.90. The molecule has 0 bridgehead atoms. The Morgan fingerprint density at radius 2 is 2.19 bits per heavy atom. The topological polar surface area (TPSA) is 46.2 Å². The van der Waals surface area contributed by atoms with Crippen LogP contribution in [-0.4, -0.2) is 17.3 Å². The van der Waals surface area contributed by atoms with Crippen LogP contribution in [0.4, 0.5) is 4.39 Å². The zero-order valence-electron chi connectivity index (χ0n) is 9.34. The standard InChI is InChI=1S/C12H17ClFNO/c1-2-5-12(16,8-15)7-9-3-4-10(13)11(14)6-9/h3-4,6,16H,2,5,7-8,15H2,1H3. The molecule has 4 heteroatoms. The van der Waals surface area contributed by atoms with E-state index in [-0.39, 0.29) is 11.6 Å². The van der Waals surface area contributed by atoms with E-state index in [0.717, 1.165) is 6.42 Å². The molecule has 0 spiro atoms. The summed E-state index contributed by atoms with van der Waals surface area (Å²) in [5, 5.41) is 10.2. The summed E-state index contributed by atoms with van der Waals surface area (Å²) < 4.78 is 13.2. The number of halogens is 2. The van der Waals surface area contributed by atoms with Gasteiger partial charge in [0.1, 0.15) is 5.82 Å². The molecule has 2 nitrogen and oxygen atoms in total. The lowest BCUT2D eigenvalue weighted by Gasteiger charge is -2.26. The van der Waals surface area contributed by atoms with Crippen molar-refractivity contribution < 1.29 is 9.50 Å². The van der Waals surface area contributed by atoms with E-state index in [1.165, 1.54) is 12.1 Å². The average Bonchev–Trinajstić information content (AvgIpc) is 2.24. The Morgan fingerprint density at radius 1 is 1.50 bits per heavy atom. The first-order valence-electron chi connectivity index (χ1n) is 5.37. The van der Waals surface area contributed by atoms with Crippen LogP contribution in [0, 0.1) is 5.82 Å². The van der Waals surface area contributed by atoms with Gasteiger partial charge < -0.3 is 10.8 Å². The Balaban J connectivity index is 2.81. The fourth-order valence-electron chi connectivity index (χ4n) is 1.76. The summed E-state index contributed by atoms with van der Waals surface area (Å²) in [7, 11) is 0. The molecule has 1 atom stereocenters. The van der Waals surface area contributed by atoms with Crippen LogP contribution in [0.1, 0.15) is 25.3 Å². The second kappa shape index (κ2) is 5.62. The van der Waals surface area contributed by atoms with Crippen molar-refractivity contribution in [2.75, 3.05) is 6.54 Å². The highest BCUT2D eigenvalue weighted by Gasteiger charge is 2.24. The van der Waals surface area contributed by atoms with Crippen LogP contribution >= 0.6 is 11.6 Å². The van der Waals surface area contributed by atoms with E-state index in [1.54, 1.807) is 6.07 Å². The van der Waals surface area contributed by atoms with Gasteiger partial charge in [-0.1, -0.05) is 31.0 Å². The molecule has 1 aromatic carbocycles. The zero-order chi connectivity index (χ0) is 12.2. The van der Waals surface area contributed by atoms with Crippen molar-refractivity contribution >= 4 is 11.6 Å². The summed E-state index contributed by atoms with van der Waals surface area (Å²) in [5.74, 6) is -0.463. The zero-order valence-corrected chi connectivity index (χ0v) is 10.1. The van der Waals surface area contributed by atoms with Crippen molar-refractivity contribution in [1.29, 1.82) is 0 Å². The average molecular weight is 246 g/mol. The summed E-state index contributed by atoms with van der Waals surface area (Å²) in [6, 6.07) is 4.55. The van der Waals surface area contributed by atoms with Crippen molar-refractivity contribution in [2.45, 2.75) is 31.8 Å². The minimum atomic E-state index is -0.949. The highest BCUT2D eigenvalue weighted by atomic mass is 35.5. The predicted octanol–water partition coefficient (Wildman–Crippen LogP) is 2.51. The lowest BCUT2D eigenvalue weighted by molar-refractivity contribution is 0.0398. The molecular weight excluding hydrogens is 229 g/mol. The predicted molar refractivity (Wildman–Crippen MR) is 64.0 cm³/mol. The Labute approximate surface area is 100 Å². The van der Waals surface area contributed by atoms with Crippen LogP contribution in [0.5, 0.6) is 0 Å². The summed E-state index contributed by atoms with van der Waals surface area (Å²) in [5.41, 5.74) is 5.30. The number of nitrogens with two attached hydrogens (primary N) is 1. The molecule has 0 fully saturated rings. The van der Waals surface area contributed by atoms with Crippen molar-refractivity contribution in [3.63, 3.8) is 0 Å². The second-order valence-electron chi connectivity index (χ2n) is 4.10. The molecular formula is C12H17ClFNO. The minimum Gasteiger partial charge on any atom is -0.388 e. The second-order valence-corrected chi connectivity index (χ2v) is 4.51. The Kier molecular flexibility index (Phi) is 4.71. The molecule has 0 saturated carbocycles. The molecule has 0 aliphatic heterocycles. The highest BCUT2D eigenvalue weighted by Crippen LogP contribution is 2.21. The smallest absolute Gasteiger partial charge is 0.142 e. The van der Waals surface area contributed by atoms with Crippen molar-refractivity contribution in [3.05, 3.63) is 34.6 Å². The number of hydrogen-bond acceptors (Lipinski definition) is 2. The summed E-state index contributed by atoms with van der Waals surface area (Å²) in [6.45, 7) is 2.15. The van der Waals surface area contributed by atoms with Crippen molar-refractivity contribution in [3.8, 4) is 0 Å². The van der Waals surface area contributed by atoms with E-state index in [0.29, 0.717) is 18.4 Å². The van der Waals surface area contributed by atoms with Gasteiger partial charge >= 0.3 is 0 Å². The molecule has 1 rings (SSSR count).